The van der Waals surface area contributed by atoms with Gasteiger partial charge >= 0.3 is 18.0 Å². The van der Waals surface area contributed by atoms with E-state index in [0.29, 0.717) is 6.42 Å². The van der Waals surface area contributed by atoms with E-state index in [1.54, 1.807) is 27.7 Å². The van der Waals surface area contributed by atoms with Gasteiger partial charge in [-0.05, 0) is 12.3 Å². The fraction of sp³-hybridized carbons (Fsp3) is 0.842. The number of ether oxygens (including phenoxy) is 2. The number of esters is 1. The van der Waals surface area contributed by atoms with Crippen LogP contribution in [0.25, 0.3) is 0 Å². The van der Waals surface area contributed by atoms with E-state index in [-0.39, 0.29) is 24.3 Å². The number of nitrogens with one attached hydrogen (secondary N) is 1. The molecule has 0 fully saturated rings. The molecule has 0 heterocycles. The number of rotatable bonds is 12. The molecular weight excluding hydrogens is 338 g/mol. The average molecular weight is 373 g/mol. The van der Waals surface area contributed by atoms with Crippen LogP contribution in [0.5, 0.6) is 0 Å². The van der Waals surface area contributed by atoms with Gasteiger partial charge in [0.15, 0.2) is 0 Å². The second kappa shape index (κ2) is 12.5. The summed E-state index contributed by atoms with van der Waals surface area (Å²) >= 11 is 0. The third-order valence-electron chi connectivity index (χ3n) is 4.05. The van der Waals surface area contributed by atoms with E-state index >= 15 is 0 Å². The van der Waals surface area contributed by atoms with Crippen LogP contribution in [0.15, 0.2) is 0 Å². The smallest absolute Gasteiger partial charge is 0.410 e. The normalized spacial score (nSPS) is 14.6. The molecule has 0 aliphatic rings. The summed E-state index contributed by atoms with van der Waals surface area (Å²) in [5.41, 5.74) is 0. The zero-order valence-corrected chi connectivity index (χ0v) is 16.9. The molecule has 0 aliphatic heterocycles. The van der Waals surface area contributed by atoms with Gasteiger partial charge in [0, 0.05) is 12.5 Å². The molecule has 0 saturated carbocycles. The van der Waals surface area contributed by atoms with Gasteiger partial charge in [0.25, 0.3) is 6.29 Å². The largest absolute Gasteiger partial charge is 0.481 e. The van der Waals surface area contributed by atoms with E-state index in [4.69, 9.17) is 9.47 Å². The number of carbonyl (C=O) groups is 3. The first-order valence-electron chi connectivity index (χ1n) is 9.46. The summed E-state index contributed by atoms with van der Waals surface area (Å²) < 4.78 is 10.3. The second-order valence-corrected chi connectivity index (χ2v) is 7.51. The number of alkyl carbamates (subject to hydrolysis) is 1. The van der Waals surface area contributed by atoms with Gasteiger partial charge in [-0.2, -0.15) is 0 Å². The number of unbranched alkanes of at least 4 members (excludes halogenated alkanes) is 1. The molecule has 0 spiro atoms. The van der Waals surface area contributed by atoms with Crippen LogP contribution in [0.3, 0.4) is 0 Å². The van der Waals surface area contributed by atoms with Crippen LogP contribution in [-0.2, 0) is 19.1 Å². The fourth-order valence-electron chi connectivity index (χ4n) is 2.33. The first-order chi connectivity index (χ1) is 12.1. The van der Waals surface area contributed by atoms with Crippen LogP contribution in [0.1, 0.15) is 67.2 Å². The zero-order valence-electron chi connectivity index (χ0n) is 16.9. The Morgan fingerprint density at radius 3 is 2.12 bits per heavy atom. The fourth-order valence-corrected chi connectivity index (χ4v) is 2.33. The molecule has 3 atom stereocenters. The Bertz CT molecular complexity index is 449. The van der Waals surface area contributed by atoms with E-state index in [9.17, 15) is 19.5 Å². The molecule has 0 saturated heterocycles. The molecule has 26 heavy (non-hydrogen) atoms. The van der Waals surface area contributed by atoms with Gasteiger partial charge in [-0.25, -0.2) is 4.79 Å². The lowest BCUT2D eigenvalue weighted by atomic mass is 9.92. The average Bonchev–Trinajstić information content (AvgIpc) is 2.55. The van der Waals surface area contributed by atoms with Gasteiger partial charge in [0.2, 0.25) is 0 Å². The summed E-state index contributed by atoms with van der Waals surface area (Å²) in [6.45, 7) is 11.0. The number of amides is 1. The number of carboxylic acid groups (broad SMARTS) is 1. The maximum Gasteiger partial charge on any atom is 0.410 e. The predicted molar refractivity (Wildman–Crippen MR) is 98.5 cm³/mol. The summed E-state index contributed by atoms with van der Waals surface area (Å²) in [6.07, 6.45) is 1.79. The molecule has 0 aromatic carbocycles. The number of hydrogen-bond acceptors (Lipinski definition) is 5. The minimum atomic E-state index is -1.00. The highest BCUT2D eigenvalue weighted by molar-refractivity contribution is 5.73. The van der Waals surface area contributed by atoms with Crippen molar-refractivity contribution in [1.82, 2.24) is 5.32 Å². The van der Waals surface area contributed by atoms with E-state index in [0.717, 1.165) is 19.3 Å². The van der Waals surface area contributed by atoms with Crippen molar-refractivity contribution in [3.05, 3.63) is 0 Å². The van der Waals surface area contributed by atoms with Crippen LogP contribution in [0, 0.1) is 23.7 Å². The van der Waals surface area contributed by atoms with Crippen molar-refractivity contribution in [2.45, 2.75) is 73.5 Å². The third-order valence-corrected chi connectivity index (χ3v) is 4.05. The maximum absolute atomic E-state index is 12.0. The predicted octanol–water partition coefficient (Wildman–Crippen LogP) is 3.81. The first-order valence-corrected chi connectivity index (χ1v) is 9.46. The number of aliphatic carboxylic acids is 1. The zero-order chi connectivity index (χ0) is 20.3. The lowest BCUT2D eigenvalue weighted by Crippen LogP contribution is -2.38. The molecule has 0 aliphatic carbocycles. The molecule has 152 valence electrons. The number of carboxylic acids is 1. The molecule has 0 aromatic heterocycles. The first kappa shape index (κ1) is 24.2. The van der Waals surface area contributed by atoms with Crippen molar-refractivity contribution in [1.29, 1.82) is 0 Å². The van der Waals surface area contributed by atoms with E-state index in [2.05, 4.69) is 12.2 Å². The Morgan fingerprint density at radius 2 is 1.65 bits per heavy atom. The molecule has 0 rings (SSSR count). The SMILES string of the molecule is CCCC[C@H](C)C[C@H](CNC(=O)O[C@@H](OC(=O)C(C)C)C(C)C)C(=O)O. The molecule has 0 aromatic rings. The number of carbonyl (C=O) groups excluding carboxylic acids is 2. The van der Waals surface area contributed by atoms with Crippen LogP contribution in [0.2, 0.25) is 0 Å². The minimum absolute atomic E-state index is 0.0203. The van der Waals surface area contributed by atoms with Gasteiger partial charge in [0.05, 0.1) is 11.8 Å². The Kier molecular flexibility index (Phi) is 11.7. The van der Waals surface area contributed by atoms with Crippen molar-refractivity contribution < 1.29 is 29.0 Å². The summed E-state index contributed by atoms with van der Waals surface area (Å²) in [7, 11) is 0. The van der Waals surface area contributed by atoms with Crippen LogP contribution >= 0.6 is 0 Å². The lowest BCUT2D eigenvalue weighted by Gasteiger charge is -2.23. The van der Waals surface area contributed by atoms with Gasteiger partial charge in [-0.15, -0.1) is 0 Å². The Labute approximate surface area is 156 Å². The van der Waals surface area contributed by atoms with Gasteiger partial charge in [0.1, 0.15) is 0 Å². The highest BCUT2D eigenvalue weighted by Gasteiger charge is 2.26. The molecule has 7 nitrogen and oxygen atoms in total. The lowest BCUT2D eigenvalue weighted by molar-refractivity contribution is -0.178. The van der Waals surface area contributed by atoms with E-state index in [1.165, 1.54) is 0 Å². The molecule has 0 radical (unpaired) electrons. The van der Waals surface area contributed by atoms with Crippen LogP contribution in [-0.4, -0.2) is 36.0 Å². The minimum Gasteiger partial charge on any atom is -0.481 e. The molecule has 0 bridgehead atoms. The Hall–Kier alpha value is -1.79. The second-order valence-electron chi connectivity index (χ2n) is 7.51. The van der Waals surface area contributed by atoms with E-state index < -0.39 is 30.2 Å². The highest BCUT2D eigenvalue weighted by atomic mass is 16.7. The van der Waals surface area contributed by atoms with Crippen molar-refractivity contribution in [3.63, 3.8) is 0 Å². The van der Waals surface area contributed by atoms with Gasteiger partial charge < -0.3 is 19.9 Å². The standard InChI is InChI=1S/C19H35NO6/c1-7-8-9-14(6)10-15(16(21)22)11-20-19(24)26-18(13(4)5)25-17(23)12(2)3/h12-15,18H,7-11H2,1-6H3,(H,20,24)(H,21,22)/t14-,15+,18+/m0/s1. The summed E-state index contributed by atoms with van der Waals surface area (Å²) in [6, 6.07) is 0. The topological polar surface area (TPSA) is 102 Å². The van der Waals surface area contributed by atoms with Gasteiger partial charge in [-0.1, -0.05) is 60.8 Å². The molecular formula is C19H35NO6. The van der Waals surface area contributed by atoms with Crippen molar-refractivity contribution >= 4 is 18.0 Å². The van der Waals surface area contributed by atoms with Crippen LogP contribution < -0.4 is 5.32 Å². The van der Waals surface area contributed by atoms with E-state index in [1.807, 2.05) is 6.92 Å². The molecule has 7 heteroatoms. The van der Waals surface area contributed by atoms with Crippen molar-refractivity contribution in [2.24, 2.45) is 23.7 Å². The Balaban J connectivity index is 4.56. The third kappa shape index (κ3) is 10.3. The highest BCUT2D eigenvalue weighted by Crippen LogP contribution is 2.18. The van der Waals surface area contributed by atoms with Gasteiger partial charge in [-0.3, -0.25) is 9.59 Å². The summed E-state index contributed by atoms with van der Waals surface area (Å²) in [5.74, 6) is -2.35. The van der Waals surface area contributed by atoms with Crippen molar-refractivity contribution in [2.75, 3.05) is 6.54 Å². The summed E-state index contributed by atoms with van der Waals surface area (Å²) in [5, 5.41) is 11.8. The molecule has 1 amide bonds. The van der Waals surface area contributed by atoms with Crippen LogP contribution in [0.4, 0.5) is 4.79 Å². The quantitative estimate of drug-likeness (QED) is 0.398. The van der Waals surface area contributed by atoms with Crippen molar-refractivity contribution in [3.8, 4) is 0 Å². The number of hydrogen-bond donors (Lipinski definition) is 2. The summed E-state index contributed by atoms with van der Waals surface area (Å²) in [4.78, 5) is 35.1. The monoisotopic (exact) mass is 373 g/mol. The Morgan fingerprint density at radius 1 is 1.04 bits per heavy atom. The molecule has 2 N–H and O–H groups in total. The maximum atomic E-state index is 12.0. The molecule has 0 unspecified atom stereocenters.